The zero-order chi connectivity index (χ0) is 24.5. The lowest BCUT2D eigenvalue weighted by Gasteiger charge is -2.32. The van der Waals surface area contributed by atoms with Crippen LogP contribution in [-0.4, -0.2) is 33.6 Å². The number of hydrogen-bond acceptors (Lipinski definition) is 4. The van der Waals surface area contributed by atoms with E-state index >= 15 is 0 Å². The molecule has 180 valence electrons. The topological polar surface area (TPSA) is 62.5 Å². The van der Waals surface area contributed by atoms with Crippen molar-refractivity contribution < 1.29 is 9.18 Å². The van der Waals surface area contributed by atoms with E-state index in [2.05, 4.69) is 53.3 Å². The van der Waals surface area contributed by atoms with Crippen molar-refractivity contribution in [3.63, 3.8) is 0 Å². The minimum atomic E-state index is -0.389. The van der Waals surface area contributed by atoms with Crippen molar-refractivity contribution in [2.24, 2.45) is 5.92 Å². The molecule has 0 aliphatic carbocycles. The van der Waals surface area contributed by atoms with Gasteiger partial charge in [0.25, 0.3) is 0 Å². The van der Waals surface area contributed by atoms with Crippen LogP contribution < -0.4 is 10.2 Å². The van der Waals surface area contributed by atoms with Gasteiger partial charge in [-0.15, -0.1) is 0 Å². The zero-order valence-corrected chi connectivity index (χ0v) is 20.5. The lowest BCUT2D eigenvalue weighted by molar-refractivity contribution is -0.125. The molecule has 0 atom stereocenters. The maximum absolute atomic E-state index is 13.2. The number of aromatic nitrogens is 3. The number of carbonyl (C=O) groups excluding carboxylic acids is 1. The normalized spacial score (nSPS) is 14.5. The van der Waals surface area contributed by atoms with E-state index < -0.39 is 0 Å². The molecule has 1 saturated heterocycles. The molecule has 0 unspecified atom stereocenters. The summed E-state index contributed by atoms with van der Waals surface area (Å²) in [5, 5.41) is 8.04. The molecule has 8 heteroatoms. The molecule has 2 aromatic carbocycles. The Balaban J connectivity index is 1.26. The van der Waals surface area contributed by atoms with Crippen LogP contribution >= 0.6 is 11.6 Å². The third-order valence-corrected chi connectivity index (χ3v) is 7.16. The fourth-order valence-corrected chi connectivity index (χ4v) is 4.77. The third kappa shape index (κ3) is 4.86. The Morgan fingerprint density at radius 3 is 2.66 bits per heavy atom. The largest absolute Gasteiger partial charge is 0.355 e. The standard InChI is InChI=1S/C27H27ClFN5O/c1-17-3-4-20(13-18(17)2)24-15-25-26(30-9-12-34(25)32-24)33-10-7-19(8-11-33)27(35)31-16-21-5-6-22(29)14-23(21)28/h3-6,9,12-15,19H,7-8,10-11,16H2,1-2H3,(H,31,35). The van der Waals surface area contributed by atoms with Gasteiger partial charge < -0.3 is 10.2 Å². The minimum absolute atomic E-state index is 0.00223. The maximum Gasteiger partial charge on any atom is 0.223 e. The first-order valence-electron chi connectivity index (χ1n) is 11.8. The van der Waals surface area contributed by atoms with Crippen LogP contribution in [0.2, 0.25) is 5.02 Å². The Morgan fingerprint density at radius 1 is 1.11 bits per heavy atom. The van der Waals surface area contributed by atoms with Crippen molar-refractivity contribution in [1.29, 1.82) is 0 Å². The molecule has 3 heterocycles. The van der Waals surface area contributed by atoms with E-state index in [-0.39, 0.29) is 24.2 Å². The lowest BCUT2D eigenvalue weighted by Crippen LogP contribution is -2.40. The second-order valence-corrected chi connectivity index (χ2v) is 9.53. The van der Waals surface area contributed by atoms with Crippen LogP contribution in [0, 0.1) is 25.6 Å². The molecule has 0 saturated carbocycles. The van der Waals surface area contributed by atoms with Crippen LogP contribution in [0.15, 0.2) is 54.9 Å². The maximum atomic E-state index is 13.2. The summed E-state index contributed by atoms with van der Waals surface area (Å²) in [6.07, 6.45) is 5.09. The summed E-state index contributed by atoms with van der Waals surface area (Å²) in [6.45, 7) is 5.96. The van der Waals surface area contributed by atoms with E-state index in [0.29, 0.717) is 10.6 Å². The molecule has 6 nitrogen and oxygen atoms in total. The van der Waals surface area contributed by atoms with Crippen molar-refractivity contribution in [3.8, 4) is 11.3 Å². The van der Waals surface area contributed by atoms with E-state index in [4.69, 9.17) is 16.7 Å². The number of amides is 1. The SMILES string of the molecule is Cc1ccc(-c2cc3c(N4CCC(C(=O)NCc5ccc(F)cc5Cl)CC4)nccn3n2)cc1C. The molecular weight excluding hydrogens is 465 g/mol. The third-order valence-electron chi connectivity index (χ3n) is 6.81. The Morgan fingerprint density at radius 2 is 1.91 bits per heavy atom. The highest BCUT2D eigenvalue weighted by Gasteiger charge is 2.27. The fourth-order valence-electron chi connectivity index (χ4n) is 4.54. The molecule has 1 aliphatic rings. The van der Waals surface area contributed by atoms with Crippen molar-refractivity contribution >= 4 is 28.8 Å². The first-order valence-corrected chi connectivity index (χ1v) is 12.2. The monoisotopic (exact) mass is 491 g/mol. The molecule has 0 spiro atoms. The predicted octanol–water partition coefficient (Wildman–Crippen LogP) is 5.34. The van der Waals surface area contributed by atoms with Gasteiger partial charge in [0.2, 0.25) is 5.91 Å². The summed E-state index contributed by atoms with van der Waals surface area (Å²) in [7, 11) is 0. The van der Waals surface area contributed by atoms with E-state index in [9.17, 15) is 9.18 Å². The molecule has 4 aromatic rings. The highest BCUT2D eigenvalue weighted by atomic mass is 35.5. The highest BCUT2D eigenvalue weighted by Crippen LogP contribution is 2.29. The molecule has 0 bridgehead atoms. The van der Waals surface area contributed by atoms with E-state index in [1.807, 2.05) is 10.7 Å². The van der Waals surface area contributed by atoms with Gasteiger partial charge in [-0.3, -0.25) is 4.79 Å². The van der Waals surface area contributed by atoms with Gasteiger partial charge >= 0.3 is 0 Å². The smallest absolute Gasteiger partial charge is 0.223 e. The van der Waals surface area contributed by atoms with Crippen LogP contribution in [0.3, 0.4) is 0 Å². The number of benzene rings is 2. The first-order chi connectivity index (χ1) is 16.9. The number of piperidine rings is 1. The predicted molar refractivity (Wildman–Crippen MR) is 136 cm³/mol. The van der Waals surface area contributed by atoms with Gasteiger partial charge in [-0.2, -0.15) is 5.10 Å². The molecule has 1 aliphatic heterocycles. The van der Waals surface area contributed by atoms with Gasteiger partial charge in [0.1, 0.15) is 11.3 Å². The molecule has 1 amide bonds. The van der Waals surface area contributed by atoms with Crippen molar-refractivity contribution in [2.75, 3.05) is 18.0 Å². The van der Waals surface area contributed by atoms with Gasteiger partial charge in [0.15, 0.2) is 5.82 Å². The number of fused-ring (bicyclic) bond motifs is 1. The zero-order valence-electron chi connectivity index (χ0n) is 19.8. The van der Waals surface area contributed by atoms with Gasteiger partial charge in [-0.05, 0) is 67.6 Å². The number of halogens is 2. The van der Waals surface area contributed by atoms with Crippen molar-refractivity contribution in [2.45, 2.75) is 33.2 Å². The Hall–Kier alpha value is -3.45. The Kier molecular flexibility index (Phi) is 6.43. The summed E-state index contributed by atoms with van der Waals surface area (Å²) in [5.74, 6) is 0.409. The average Bonchev–Trinajstić information content (AvgIpc) is 3.30. The number of nitrogens with zero attached hydrogens (tertiary/aromatic N) is 4. The molecule has 1 N–H and O–H groups in total. The summed E-state index contributed by atoms with van der Waals surface area (Å²) in [6, 6.07) is 12.7. The van der Waals surface area contributed by atoms with Crippen molar-refractivity contribution in [1.82, 2.24) is 19.9 Å². The van der Waals surface area contributed by atoms with Gasteiger partial charge in [0, 0.05) is 48.5 Å². The number of anilines is 1. The highest BCUT2D eigenvalue weighted by molar-refractivity contribution is 6.31. The summed E-state index contributed by atoms with van der Waals surface area (Å²) in [5.41, 5.74) is 6.15. The van der Waals surface area contributed by atoms with Crippen LogP contribution in [0.1, 0.15) is 29.5 Å². The Bertz CT molecular complexity index is 1390. The molecule has 0 radical (unpaired) electrons. The minimum Gasteiger partial charge on any atom is -0.355 e. The van der Waals surface area contributed by atoms with Crippen LogP contribution in [-0.2, 0) is 11.3 Å². The molecular formula is C27H27ClFN5O. The van der Waals surface area contributed by atoms with E-state index in [1.165, 1.54) is 23.3 Å². The summed E-state index contributed by atoms with van der Waals surface area (Å²) in [4.78, 5) is 19.6. The van der Waals surface area contributed by atoms with Gasteiger partial charge in [-0.1, -0.05) is 29.8 Å². The van der Waals surface area contributed by atoms with E-state index in [1.54, 1.807) is 12.3 Å². The van der Waals surface area contributed by atoms with Gasteiger partial charge in [-0.25, -0.2) is 13.9 Å². The lowest BCUT2D eigenvalue weighted by atomic mass is 9.95. The second kappa shape index (κ2) is 9.66. The second-order valence-electron chi connectivity index (χ2n) is 9.12. The molecule has 35 heavy (non-hydrogen) atoms. The first kappa shape index (κ1) is 23.3. The molecule has 1 fully saturated rings. The van der Waals surface area contributed by atoms with Crippen LogP contribution in [0.25, 0.3) is 16.8 Å². The number of nitrogens with one attached hydrogen (secondary N) is 1. The van der Waals surface area contributed by atoms with E-state index in [0.717, 1.165) is 48.5 Å². The van der Waals surface area contributed by atoms with Crippen LogP contribution in [0.5, 0.6) is 0 Å². The number of rotatable bonds is 5. The van der Waals surface area contributed by atoms with Crippen LogP contribution in [0.4, 0.5) is 10.2 Å². The Labute approximate surface area is 208 Å². The summed E-state index contributed by atoms with van der Waals surface area (Å²) >= 11 is 6.08. The summed E-state index contributed by atoms with van der Waals surface area (Å²) < 4.78 is 15.1. The fraction of sp³-hybridized carbons (Fsp3) is 0.296. The average molecular weight is 492 g/mol. The van der Waals surface area contributed by atoms with Crippen molar-refractivity contribution in [3.05, 3.63) is 82.4 Å². The molecule has 5 rings (SSSR count). The number of hydrogen-bond donors (Lipinski definition) is 1. The molecule has 2 aromatic heterocycles. The number of aryl methyl sites for hydroxylation is 2. The van der Waals surface area contributed by atoms with Gasteiger partial charge in [0.05, 0.1) is 5.69 Å². The number of carbonyl (C=O) groups is 1. The quantitative estimate of drug-likeness (QED) is 0.409.